The molecule has 2 aliphatic rings. The van der Waals surface area contributed by atoms with Crippen LogP contribution in [0.5, 0.6) is 0 Å². The quantitative estimate of drug-likeness (QED) is 0.187. The SMILES string of the molecule is CC(C)[Si](OCCCC[C@]1(CC[C@@H]2CO2)CC(=O)[C@H](S(=O)(=O)c2ccccc2)CN1)(C(C)C)C(C)C. The summed E-state index contributed by atoms with van der Waals surface area (Å²) in [7, 11) is -5.59. The zero-order valence-electron chi connectivity index (χ0n) is 23.1. The van der Waals surface area contributed by atoms with Gasteiger partial charge in [0.15, 0.2) is 23.9 Å². The van der Waals surface area contributed by atoms with Gasteiger partial charge in [0.05, 0.1) is 17.6 Å². The number of hydrogen-bond acceptors (Lipinski definition) is 6. The molecule has 8 heteroatoms. The lowest BCUT2D eigenvalue weighted by Crippen LogP contribution is -2.58. The van der Waals surface area contributed by atoms with E-state index in [-0.39, 0.29) is 35.3 Å². The van der Waals surface area contributed by atoms with Crippen LogP contribution in [-0.4, -0.2) is 59.2 Å². The number of ketones is 1. The van der Waals surface area contributed by atoms with Crippen LogP contribution in [0.3, 0.4) is 0 Å². The fourth-order valence-corrected chi connectivity index (χ4v) is 13.6. The number of hydrogen-bond donors (Lipinski definition) is 1. The van der Waals surface area contributed by atoms with Crippen LogP contribution >= 0.6 is 0 Å². The largest absolute Gasteiger partial charge is 0.416 e. The molecule has 0 radical (unpaired) electrons. The minimum Gasteiger partial charge on any atom is -0.416 e. The molecule has 0 bridgehead atoms. The maximum Gasteiger partial charge on any atom is 0.200 e. The molecule has 2 fully saturated rings. The van der Waals surface area contributed by atoms with Crippen molar-refractivity contribution in [3.8, 4) is 0 Å². The molecule has 3 atom stereocenters. The fourth-order valence-electron chi connectivity index (χ4n) is 6.46. The van der Waals surface area contributed by atoms with Crippen molar-refractivity contribution in [2.45, 2.75) is 118 Å². The van der Waals surface area contributed by atoms with Crippen LogP contribution < -0.4 is 5.32 Å². The van der Waals surface area contributed by atoms with Crippen LogP contribution in [0.25, 0.3) is 0 Å². The van der Waals surface area contributed by atoms with Gasteiger partial charge in [-0.05, 0) is 60.9 Å². The molecule has 1 aromatic carbocycles. The average Bonchev–Trinajstić information content (AvgIpc) is 3.64. The van der Waals surface area contributed by atoms with Gasteiger partial charge in [-0.1, -0.05) is 59.7 Å². The predicted octanol–water partition coefficient (Wildman–Crippen LogP) is 5.67. The first kappa shape index (κ1) is 29.5. The molecule has 2 aliphatic heterocycles. The Morgan fingerprint density at radius 1 is 1.03 bits per heavy atom. The van der Waals surface area contributed by atoms with E-state index in [1.54, 1.807) is 30.3 Å². The van der Waals surface area contributed by atoms with Gasteiger partial charge >= 0.3 is 0 Å². The zero-order chi connectivity index (χ0) is 26.6. The van der Waals surface area contributed by atoms with Gasteiger partial charge in [0.2, 0.25) is 0 Å². The number of unbranched alkanes of at least 4 members (excludes halogenated alkanes) is 1. The van der Waals surface area contributed by atoms with Gasteiger partial charge in [-0.3, -0.25) is 4.79 Å². The Morgan fingerprint density at radius 3 is 2.17 bits per heavy atom. The van der Waals surface area contributed by atoms with Crippen LogP contribution in [0, 0.1) is 0 Å². The van der Waals surface area contributed by atoms with E-state index in [9.17, 15) is 13.2 Å². The number of sulfone groups is 1. The fraction of sp³-hybridized carbons (Fsp3) is 0.750. The number of carbonyl (C=O) groups is 1. The Bertz CT molecular complexity index is 940. The molecule has 1 aromatic rings. The molecule has 3 rings (SSSR count). The molecular formula is C28H47NO5SSi. The Balaban J connectivity index is 1.62. The van der Waals surface area contributed by atoms with E-state index >= 15 is 0 Å². The Morgan fingerprint density at radius 2 is 1.64 bits per heavy atom. The van der Waals surface area contributed by atoms with Crippen molar-refractivity contribution in [3.63, 3.8) is 0 Å². The molecule has 2 heterocycles. The highest BCUT2D eigenvalue weighted by Crippen LogP contribution is 2.42. The second kappa shape index (κ2) is 12.2. The molecule has 1 N–H and O–H groups in total. The molecule has 0 saturated carbocycles. The number of nitrogens with one attached hydrogen (secondary N) is 1. The summed E-state index contributed by atoms with van der Waals surface area (Å²) in [6, 6.07) is 8.33. The third kappa shape index (κ3) is 6.68. The van der Waals surface area contributed by atoms with Crippen LogP contribution in [0.1, 0.15) is 80.1 Å². The Hall–Kier alpha value is -1.06. The van der Waals surface area contributed by atoms with E-state index in [1.165, 1.54) is 0 Å². The third-order valence-electron chi connectivity index (χ3n) is 8.44. The summed E-state index contributed by atoms with van der Waals surface area (Å²) < 4.78 is 38.5. The third-order valence-corrected chi connectivity index (χ3v) is 16.7. The molecule has 0 aromatic heterocycles. The average molecular weight is 538 g/mol. The second-order valence-corrected chi connectivity index (χ2v) is 19.4. The van der Waals surface area contributed by atoms with Crippen molar-refractivity contribution in [3.05, 3.63) is 30.3 Å². The smallest absolute Gasteiger partial charge is 0.200 e. The zero-order valence-corrected chi connectivity index (χ0v) is 24.9. The van der Waals surface area contributed by atoms with E-state index in [4.69, 9.17) is 9.16 Å². The number of ether oxygens (including phenoxy) is 1. The van der Waals surface area contributed by atoms with Crippen molar-refractivity contribution >= 4 is 23.9 Å². The van der Waals surface area contributed by atoms with Crippen LogP contribution in [0.15, 0.2) is 35.2 Å². The molecule has 0 unspecified atom stereocenters. The first-order chi connectivity index (χ1) is 16.9. The summed E-state index contributed by atoms with van der Waals surface area (Å²) >= 11 is 0. The lowest BCUT2D eigenvalue weighted by Gasteiger charge is -2.42. The first-order valence-electron chi connectivity index (χ1n) is 13.8. The topological polar surface area (TPSA) is 85.0 Å². The molecule has 0 aliphatic carbocycles. The van der Waals surface area contributed by atoms with Gasteiger partial charge in [0.25, 0.3) is 0 Å². The van der Waals surface area contributed by atoms with Gasteiger partial charge in [-0.25, -0.2) is 8.42 Å². The Kier molecular flexibility index (Phi) is 9.99. The minimum atomic E-state index is -3.70. The highest BCUT2D eigenvalue weighted by atomic mass is 32.2. The minimum absolute atomic E-state index is 0.169. The lowest BCUT2D eigenvalue weighted by molar-refractivity contribution is -0.122. The van der Waals surface area contributed by atoms with E-state index < -0.39 is 23.4 Å². The van der Waals surface area contributed by atoms with Gasteiger partial charge in [-0.2, -0.15) is 0 Å². The first-order valence-corrected chi connectivity index (χ1v) is 17.5. The van der Waals surface area contributed by atoms with Crippen LogP contribution in [0.2, 0.25) is 16.6 Å². The molecule has 36 heavy (non-hydrogen) atoms. The van der Waals surface area contributed by atoms with E-state index in [1.807, 2.05) is 0 Å². The highest BCUT2D eigenvalue weighted by molar-refractivity contribution is 7.92. The summed E-state index contributed by atoms with van der Waals surface area (Å²) in [4.78, 5) is 13.5. The van der Waals surface area contributed by atoms with Crippen molar-refractivity contribution in [2.24, 2.45) is 0 Å². The van der Waals surface area contributed by atoms with Gasteiger partial charge in [0.1, 0.15) is 5.25 Å². The maximum absolute atomic E-state index is 13.3. The van der Waals surface area contributed by atoms with Gasteiger partial charge in [-0.15, -0.1) is 0 Å². The number of piperidine rings is 1. The number of rotatable bonds is 14. The monoisotopic (exact) mass is 537 g/mol. The summed E-state index contributed by atoms with van der Waals surface area (Å²) in [5.74, 6) is -0.170. The van der Waals surface area contributed by atoms with Crippen molar-refractivity contribution in [1.82, 2.24) is 5.32 Å². The summed E-state index contributed by atoms with van der Waals surface area (Å²) in [5, 5.41) is 2.52. The van der Waals surface area contributed by atoms with Crippen LogP contribution in [0.4, 0.5) is 0 Å². The van der Waals surface area contributed by atoms with E-state index in [2.05, 4.69) is 46.9 Å². The number of Topliss-reactive ketones (excluding diaryl/α,β-unsaturated/α-hetero) is 1. The number of benzene rings is 1. The number of carbonyl (C=O) groups excluding carboxylic acids is 1. The van der Waals surface area contributed by atoms with Gasteiger partial charge < -0.3 is 14.5 Å². The molecule has 0 amide bonds. The second-order valence-electron chi connectivity index (χ2n) is 11.8. The molecular weight excluding hydrogens is 490 g/mol. The van der Waals surface area contributed by atoms with E-state index in [0.717, 1.165) is 45.3 Å². The molecule has 204 valence electrons. The van der Waals surface area contributed by atoms with Crippen molar-refractivity contribution in [1.29, 1.82) is 0 Å². The van der Waals surface area contributed by atoms with E-state index in [0.29, 0.717) is 16.6 Å². The molecule has 0 spiro atoms. The van der Waals surface area contributed by atoms with Gasteiger partial charge in [0, 0.05) is 25.1 Å². The molecule has 2 saturated heterocycles. The standard InChI is InChI=1S/C28H47NO5SSi/c1-21(2)36(22(3)4,23(5)6)34-17-11-10-15-28(16-14-24-20-33-24)18-26(30)27(19-29-28)35(31,32)25-12-8-7-9-13-25/h7-9,12-13,21-24,27,29H,10-11,14-20H2,1-6H3/t24-,27-,28+/m1/s1. The maximum atomic E-state index is 13.3. The Labute approximate surface area is 220 Å². The highest BCUT2D eigenvalue weighted by Gasteiger charge is 2.46. The normalized spacial score (nSPS) is 25.2. The van der Waals surface area contributed by atoms with Crippen molar-refractivity contribution in [2.75, 3.05) is 19.8 Å². The summed E-state index contributed by atoms with van der Waals surface area (Å²) in [6.07, 6.45) is 4.99. The lowest BCUT2D eigenvalue weighted by atomic mass is 9.79. The summed E-state index contributed by atoms with van der Waals surface area (Å²) in [5.41, 5.74) is 1.31. The van der Waals surface area contributed by atoms with Crippen molar-refractivity contribution < 1.29 is 22.4 Å². The van der Waals surface area contributed by atoms with Crippen LogP contribution in [-0.2, 0) is 23.8 Å². The predicted molar refractivity (Wildman–Crippen MR) is 148 cm³/mol. The number of epoxide rings is 1. The molecule has 6 nitrogen and oxygen atoms in total. The summed E-state index contributed by atoms with van der Waals surface area (Å²) in [6.45, 7) is 15.5.